The second kappa shape index (κ2) is 6.31. The molecule has 1 rings (SSSR count). The minimum atomic E-state index is -0.223. The maximum Gasteiger partial charge on any atom is 0.253 e. The smallest absolute Gasteiger partial charge is 0.253 e. The van der Waals surface area contributed by atoms with E-state index in [9.17, 15) is 9.59 Å². The minimum absolute atomic E-state index is 0.223. The zero-order valence-electron chi connectivity index (χ0n) is 8.52. The van der Waals surface area contributed by atoms with Gasteiger partial charge in [-0.15, -0.1) is 0 Å². The molecule has 0 saturated carbocycles. The lowest BCUT2D eigenvalue weighted by atomic mass is 10.2. The third-order valence-corrected chi connectivity index (χ3v) is 2.27. The normalized spacial score (nSPS) is 15.4. The Morgan fingerprint density at radius 2 is 1.67 bits per heavy atom. The van der Waals surface area contributed by atoms with Crippen molar-refractivity contribution in [3.63, 3.8) is 0 Å². The predicted molar refractivity (Wildman–Crippen MR) is 52.9 cm³/mol. The molecule has 0 radical (unpaired) electrons. The van der Waals surface area contributed by atoms with Crippen LogP contribution < -0.4 is 0 Å². The Morgan fingerprint density at radius 1 is 1.07 bits per heavy atom. The third kappa shape index (κ3) is 3.81. The van der Waals surface area contributed by atoms with Crippen molar-refractivity contribution in [1.29, 1.82) is 0 Å². The number of imide groups is 1. The highest BCUT2D eigenvalue weighted by molar-refractivity contribution is 6.12. The summed E-state index contributed by atoms with van der Waals surface area (Å²) in [6.07, 6.45) is 6.01. The first kappa shape index (κ1) is 11.9. The quantitative estimate of drug-likeness (QED) is 0.296. The molecule has 0 atom stereocenters. The highest BCUT2D eigenvalue weighted by Crippen LogP contribution is 2.07. The third-order valence-electron chi connectivity index (χ3n) is 2.27. The summed E-state index contributed by atoms with van der Waals surface area (Å²) in [6, 6.07) is 0. The summed E-state index contributed by atoms with van der Waals surface area (Å²) in [7, 11) is 0. The topological polar surface area (TPSA) is 66.8 Å². The monoisotopic (exact) mass is 213 g/mol. The van der Waals surface area contributed by atoms with Gasteiger partial charge >= 0.3 is 0 Å². The van der Waals surface area contributed by atoms with Crippen molar-refractivity contribution in [3.8, 4) is 0 Å². The van der Waals surface area contributed by atoms with Crippen molar-refractivity contribution in [2.75, 3.05) is 13.2 Å². The van der Waals surface area contributed by atoms with Gasteiger partial charge in [-0.2, -0.15) is 0 Å². The number of amides is 2. The lowest BCUT2D eigenvalue weighted by Crippen LogP contribution is -2.30. The first-order valence-electron chi connectivity index (χ1n) is 5.05. The molecule has 1 N–H and O–H groups in total. The number of carbonyl (C=O) groups is 2. The van der Waals surface area contributed by atoms with Crippen LogP contribution in [0.4, 0.5) is 0 Å². The van der Waals surface area contributed by atoms with Crippen molar-refractivity contribution >= 4 is 11.8 Å². The lowest BCUT2D eigenvalue weighted by Gasteiger charge is -2.12. The summed E-state index contributed by atoms with van der Waals surface area (Å²) < 4.78 is 0. The number of carbonyl (C=O) groups excluding carboxylic acids is 2. The fraction of sp³-hybridized carbons (Fsp3) is 0.600. The average molecular weight is 213 g/mol. The molecular weight excluding hydrogens is 198 g/mol. The molecular formula is C10H15NO4. The van der Waals surface area contributed by atoms with E-state index in [0.717, 1.165) is 25.7 Å². The molecule has 5 heteroatoms. The Hall–Kier alpha value is -1.20. The Balaban J connectivity index is 2.05. The molecule has 15 heavy (non-hydrogen) atoms. The van der Waals surface area contributed by atoms with Gasteiger partial charge in [0.1, 0.15) is 0 Å². The number of hydrogen-bond donors (Lipinski definition) is 1. The van der Waals surface area contributed by atoms with Crippen molar-refractivity contribution in [3.05, 3.63) is 12.2 Å². The largest absolute Gasteiger partial charge is 0.275 e. The summed E-state index contributed by atoms with van der Waals surface area (Å²) in [5.74, 6) is -0.447. The van der Waals surface area contributed by atoms with Crippen molar-refractivity contribution < 1.29 is 19.7 Å². The van der Waals surface area contributed by atoms with Crippen molar-refractivity contribution in [2.24, 2.45) is 0 Å². The summed E-state index contributed by atoms with van der Waals surface area (Å²) >= 11 is 0. The minimum Gasteiger partial charge on any atom is -0.275 e. The fourth-order valence-electron chi connectivity index (χ4n) is 1.44. The first-order chi connectivity index (χ1) is 7.25. The molecule has 2 amide bonds. The van der Waals surface area contributed by atoms with Crippen LogP contribution in [0.15, 0.2) is 12.2 Å². The van der Waals surface area contributed by atoms with Crippen LogP contribution in [0.1, 0.15) is 25.7 Å². The maximum absolute atomic E-state index is 11.1. The lowest BCUT2D eigenvalue weighted by molar-refractivity contribution is -0.242. The van der Waals surface area contributed by atoms with Gasteiger partial charge in [0.2, 0.25) is 0 Å². The number of nitrogens with zero attached hydrogens (tertiary/aromatic N) is 1. The molecule has 0 aromatic rings. The van der Waals surface area contributed by atoms with E-state index in [2.05, 4.69) is 4.89 Å². The first-order valence-corrected chi connectivity index (χ1v) is 5.05. The second-order valence-corrected chi connectivity index (χ2v) is 3.41. The maximum atomic E-state index is 11.1. The van der Waals surface area contributed by atoms with Gasteiger partial charge in [0.05, 0.1) is 6.61 Å². The van der Waals surface area contributed by atoms with Crippen LogP contribution in [0.5, 0.6) is 0 Å². The molecule has 0 aliphatic carbocycles. The molecule has 0 aromatic heterocycles. The number of rotatable bonds is 7. The Kier molecular flexibility index (Phi) is 5.00. The van der Waals surface area contributed by atoms with Gasteiger partial charge in [-0.1, -0.05) is 12.8 Å². The fourth-order valence-corrected chi connectivity index (χ4v) is 1.44. The molecule has 0 fully saturated rings. The van der Waals surface area contributed by atoms with Crippen LogP contribution in [-0.4, -0.2) is 35.1 Å². The van der Waals surface area contributed by atoms with E-state index >= 15 is 0 Å². The number of unbranched alkanes of at least 4 members (excludes halogenated alkanes) is 3. The molecule has 84 valence electrons. The van der Waals surface area contributed by atoms with Gasteiger partial charge in [-0.3, -0.25) is 19.7 Å². The molecule has 5 nitrogen and oxygen atoms in total. The molecule has 0 bridgehead atoms. The van der Waals surface area contributed by atoms with Crippen LogP contribution >= 0.6 is 0 Å². The molecule has 0 aromatic carbocycles. The molecule has 1 aliphatic heterocycles. The standard InChI is InChI=1S/C10H15NO4/c12-9-5-6-10(13)11(9)7-3-1-2-4-8-15-14/h5-6,14H,1-4,7-8H2. The van der Waals surface area contributed by atoms with Crippen molar-refractivity contribution in [2.45, 2.75) is 25.7 Å². The van der Waals surface area contributed by atoms with E-state index in [1.54, 1.807) is 0 Å². The van der Waals surface area contributed by atoms with Gasteiger partial charge < -0.3 is 0 Å². The van der Waals surface area contributed by atoms with Crippen LogP contribution in [-0.2, 0) is 14.5 Å². The highest BCUT2D eigenvalue weighted by atomic mass is 17.1. The van der Waals surface area contributed by atoms with Gasteiger partial charge in [0.25, 0.3) is 11.8 Å². The van der Waals surface area contributed by atoms with E-state index in [-0.39, 0.29) is 11.8 Å². The Labute approximate surface area is 88.2 Å². The molecule has 0 unspecified atom stereocenters. The summed E-state index contributed by atoms with van der Waals surface area (Å²) in [5, 5.41) is 8.06. The zero-order valence-corrected chi connectivity index (χ0v) is 8.52. The van der Waals surface area contributed by atoms with E-state index in [0.29, 0.717) is 13.2 Å². The van der Waals surface area contributed by atoms with Crippen LogP contribution in [0, 0.1) is 0 Å². The van der Waals surface area contributed by atoms with Gasteiger partial charge in [-0.05, 0) is 12.8 Å². The van der Waals surface area contributed by atoms with E-state index < -0.39 is 0 Å². The van der Waals surface area contributed by atoms with E-state index in [1.807, 2.05) is 0 Å². The summed E-state index contributed by atoms with van der Waals surface area (Å²) in [4.78, 5) is 27.4. The van der Waals surface area contributed by atoms with Gasteiger partial charge in [-0.25, -0.2) is 4.89 Å². The Bertz CT molecular complexity index is 244. The van der Waals surface area contributed by atoms with Gasteiger partial charge in [0.15, 0.2) is 0 Å². The second-order valence-electron chi connectivity index (χ2n) is 3.41. The average Bonchev–Trinajstić information content (AvgIpc) is 2.54. The summed E-state index contributed by atoms with van der Waals surface area (Å²) in [6.45, 7) is 0.813. The molecule has 0 spiro atoms. The molecule has 1 aliphatic rings. The van der Waals surface area contributed by atoms with E-state index in [1.165, 1.54) is 17.1 Å². The van der Waals surface area contributed by atoms with Crippen molar-refractivity contribution in [1.82, 2.24) is 4.90 Å². The zero-order chi connectivity index (χ0) is 11.1. The van der Waals surface area contributed by atoms with Gasteiger partial charge in [0, 0.05) is 18.7 Å². The highest BCUT2D eigenvalue weighted by Gasteiger charge is 2.21. The van der Waals surface area contributed by atoms with Crippen LogP contribution in [0.3, 0.4) is 0 Å². The number of hydrogen-bond acceptors (Lipinski definition) is 4. The SMILES string of the molecule is O=C1C=CC(=O)N1CCCCCCOO. The summed E-state index contributed by atoms with van der Waals surface area (Å²) in [5.41, 5.74) is 0. The van der Waals surface area contributed by atoms with Crippen LogP contribution in [0.2, 0.25) is 0 Å². The van der Waals surface area contributed by atoms with Crippen LogP contribution in [0.25, 0.3) is 0 Å². The van der Waals surface area contributed by atoms with E-state index in [4.69, 9.17) is 5.26 Å². The predicted octanol–water partition coefficient (Wildman–Crippen LogP) is 0.961. The Morgan fingerprint density at radius 3 is 2.27 bits per heavy atom. The molecule has 1 heterocycles. The molecule has 0 saturated heterocycles.